The Morgan fingerprint density at radius 3 is 2.75 bits per heavy atom. The molecule has 2 N–H and O–H groups in total. The SMILES string of the molecule is COc1cccc(C2(CO)CCNCC2)c1. The van der Waals surface area contributed by atoms with Crippen LogP contribution >= 0.6 is 0 Å². The number of piperidine rings is 1. The van der Waals surface area contributed by atoms with Crippen molar-refractivity contribution in [2.45, 2.75) is 18.3 Å². The van der Waals surface area contributed by atoms with Crippen LogP contribution in [0.3, 0.4) is 0 Å². The molecule has 1 aliphatic heterocycles. The Bertz CT molecular complexity index is 346. The van der Waals surface area contributed by atoms with Crippen molar-refractivity contribution in [3.05, 3.63) is 29.8 Å². The molecule has 1 saturated heterocycles. The monoisotopic (exact) mass is 221 g/mol. The number of aliphatic hydroxyl groups excluding tert-OH is 1. The van der Waals surface area contributed by atoms with E-state index in [1.165, 1.54) is 5.56 Å². The third-order valence-electron chi connectivity index (χ3n) is 3.55. The van der Waals surface area contributed by atoms with Gasteiger partial charge >= 0.3 is 0 Å². The highest BCUT2D eigenvalue weighted by Gasteiger charge is 2.33. The fourth-order valence-electron chi connectivity index (χ4n) is 2.40. The fourth-order valence-corrected chi connectivity index (χ4v) is 2.40. The number of rotatable bonds is 3. The van der Waals surface area contributed by atoms with Gasteiger partial charge in [0.25, 0.3) is 0 Å². The van der Waals surface area contributed by atoms with Crippen LogP contribution in [-0.2, 0) is 5.41 Å². The molecule has 0 unspecified atom stereocenters. The highest BCUT2D eigenvalue weighted by molar-refractivity contribution is 5.34. The Balaban J connectivity index is 2.31. The molecule has 3 heteroatoms. The largest absolute Gasteiger partial charge is 0.497 e. The van der Waals surface area contributed by atoms with E-state index >= 15 is 0 Å². The number of nitrogens with one attached hydrogen (secondary N) is 1. The Morgan fingerprint density at radius 1 is 1.38 bits per heavy atom. The van der Waals surface area contributed by atoms with Gasteiger partial charge < -0.3 is 15.2 Å². The zero-order valence-corrected chi connectivity index (χ0v) is 9.70. The summed E-state index contributed by atoms with van der Waals surface area (Å²) in [6.45, 7) is 2.15. The van der Waals surface area contributed by atoms with Gasteiger partial charge in [-0.2, -0.15) is 0 Å². The molecule has 0 amide bonds. The highest BCUT2D eigenvalue weighted by Crippen LogP contribution is 2.34. The first kappa shape index (κ1) is 11.4. The molecule has 1 heterocycles. The van der Waals surface area contributed by atoms with Crippen LogP contribution in [0.15, 0.2) is 24.3 Å². The number of methoxy groups -OCH3 is 1. The molecule has 1 aromatic carbocycles. The summed E-state index contributed by atoms with van der Waals surface area (Å²) in [4.78, 5) is 0. The normalized spacial score (nSPS) is 19.4. The van der Waals surface area contributed by atoms with E-state index in [1.807, 2.05) is 18.2 Å². The molecule has 0 saturated carbocycles. The number of hydrogen-bond acceptors (Lipinski definition) is 3. The maximum Gasteiger partial charge on any atom is 0.119 e. The molecular weight excluding hydrogens is 202 g/mol. The number of aliphatic hydroxyl groups is 1. The van der Waals surface area contributed by atoms with Gasteiger partial charge in [-0.1, -0.05) is 12.1 Å². The van der Waals surface area contributed by atoms with Gasteiger partial charge in [0.2, 0.25) is 0 Å². The van der Waals surface area contributed by atoms with Crippen LogP contribution < -0.4 is 10.1 Å². The van der Waals surface area contributed by atoms with Crippen molar-refractivity contribution in [1.29, 1.82) is 0 Å². The first-order valence-corrected chi connectivity index (χ1v) is 5.77. The predicted octanol–water partition coefficient (Wildman–Crippen LogP) is 1.31. The summed E-state index contributed by atoms with van der Waals surface area (Å²) in [7, 11) is 1.67. The van der Waals surface area contributed by atoms with E-state index in [1.54, 1.807) is 7.11 Å². The summed E-state index contributed by atoms with van der Waals surface area (Å²) in [5, 5.41) is 13.0. The zero-order chi connectivity index (χ0) is 11.4. The minimum absolute atomic E-state index is 0.0835. The topological polar surface area (TPSA) is 41.5 Å². The molecule has 16 heavy (non-hydrogen) atoms. The highest BCUT2D eigenvalue weighted by atomic mass is 16.5. The number of benzene rings is 1. The average molecular weight is 221 g/mol. The van der Waals surface area contributed by atoms with Crippen LogP contribution in [0.5, 0.6) is 5.75 Å². The second-order valence-electron chi connectivity index (χ2n) is 4.42. The molecule has 88 valence electrons. The second-order valence-corrected chi connectivity index (χ2v) is 4.42. The molecule has 0 aromatic heterocycles. The average Bonchev–Trinajstić information content (AvgIpc) is 2.39. The van der Waals surface area contributed by atoms with Gasteiger partial charge in [-0.3, -0.25) is 0 Å². The van der Waals surface area contributed by atoms with Crippen molar-refractivity contribution in [2.24, 2.45) is 0 Å². The van der Waals surface area contributed by atoms with E-state index < -0.39 is 0 Å². The van der Waals surface area contributed by atoms with E-state index in [9.17, 15) is 5.11 Å². The van der Waals surface area contributed by atoms with Crippen LogP contribution in [0.4, 0.5) is 0 Å². The van der Waals surface area contributed by atoms with Crippen molar-refractivity contribution in [3.8, 4) is 5.75 Å². The Kier molecular flexibility index (Phi) is 3.46. The molecule has 1 aromatic rings. The number of hydrogen-bond donors (Lipinski definition) is 2. The van der Waals surface area contributed by atoms with Gasteiger partial charge in [-0.25, -0.2) is 0 Å². The lowest BCUT2D eigenvalue weighted by Crippen LogP contribution is -2.42. The van der Waals surface area contributed by atoms with Crippen molar-refractivity contribution in [3.63, 3.8) is 0 Å². The Labute approximate surface area is 96.4 Å². The summed E-state index contributed by atoms with van der Waals surface area (Å²) in [5.74, 6) is 0.865. The van der Waals surface area contributed by atoms with Crippen molar-refractivity contribution in [1.82, 2.24) is 5.32 Å². The van der Waals surface area contributed by atoms with Crippen molar-refractivity contribution in [2.75, 3.05) is 26.8 Å². The van der Waals surface area contributed by atoms with E-state index in [0.717, 1.165) is 31.7 Å². The lowest BCUT2D eigenvalue weighted by atomic mass is 9.74. The van der Waals surface area contributed by atoms with Gasteiger partial charge in [0.05, 0.1) is 13.7 Å². The summed E-state index contributed by atoms with van der Waals surface area (Å²) in [5.41, 5.74) is 1.11. The van der Waals surface area contributed by atoms with Gasteiger partial charge in [-0.15, -0.1) is 0 Å². The standard InChI is InChI=1S/C13H19NO2/c1-16-12-4-2-3-11(9-12)13(10-15)5-7-14-8-6-13/h2-4,9,14-15H,5-8,10H2,1H3. The molecule has 2 rings (SSSR count). The molecular formula is C13H19NO2. The molecule has 0 atom stereocenters. The molecule has 1 aliphatic rings. The summed E-state index contributed by atoms with van der Waals surface area (Å²) < 4.78 is 5.24. The van der Waals surface area contributed by atoms with Crippen LogP contribution in [0.25, 0.3) is 0 Å². The Hall–Kier alpha value is -1.06. The summed E-state index contributed by atoms with van der Waals surface area (Å²) >= 11 is 0. The lowest BCUT2D eigenvalue weighted by Gasteiger charge is -2.36. The van der Waals surface area contributed by atoms with Crippen LogP contribution in [0.1, 0.15) is 18.4 Å². The van der Waals surface area contributed by atoms with Gasteiger partial charge in [-0.05, 0) is 43.6 Å². The van der Waals surface area contributed by atoms with Crippen LogP contribution in [-0.4, -0.2) is 31.9 Å². The minimum Gasteiger partial charge on any atom is -0.497 e. The zero-order valence-electron chi connectivity index (χ0n) is 9.70. The Morgan fingerprint density at radius 2 is 2.12 bits per heavy atom. The maximum absolute atomic E-state index is 9.69. The predicted molar refractivity (Wildman–Crippen MR) is 63.9 cm³/mol. The van der Waals surface area contributed by atoms with Crippen molar-refractivity contribution >= 4 is 0 Å². The first-order chi connectivity index (χ1) is 7.80. The molecule has 0 radical (unpaired) electrons. The third kappa shape index (κ3) is 2.06. The minimum atomic E-state index is -0.0835. The molecule has 0 bridgehead atoms. The van der Waals surface area contributed by atoms with Crippen LogP contribution in [0, 0.1) is 0 Å². The van der Waals surface area contributed by atoms with E-state index in [0.29, 0.717) is 0 Å². The molecule has 3 nitrogen and oxygen atoms in total. The van der Waals surface area contributed by atoms with Crippen LogP contribution in [0.2, 0.25) is 0 Å². The smallest absolute Gasteiger partial charge is 0.119 e. The molecule has 1 fully saturated rings. The van der Waals surface area contributed by atoms with Gasteiger partial charge in [0, 0.05) is 5.41 Å². The third-order valence-corrected chi connectivity index (χ3v) is 3.55. The quantitative estimate of drug-likeness (QED) is 0.808. The lowest BCUT2D eigenvalue weighted by molar-refractivity contribution is 0.158. The maximum atomic E-state index is 9.69. The van der Waals surface area contributed by atoms with E-state index in [2.05, 4.69) is 11.4 Å². The van der Waals surface area contributed by atoms with Gasteiger partial charge in [0.15, 0.2) is 0 Å². The molecule has 0 spiro atoms. The second kappa shape index (κ2) is 4.85. The van der Waals surface area contributed by atoms with Crippen molar-refractivity contribution < 1.29 is 9.84 Å². The molecule has 0 aliphatic carbocycles. The summed E-state index contributed by atoms with van der Waals surface area (Å²) in [6, 6.07) is 8.06. The van der Waals surface area contributed by atoms with E-state index in [4.69, 9.17) is 4.74 Å². The number of ether oxygens (including phenoxy) is 1. The van der Waals surface area contributed by atoms with Gasteiger partial charge in [0.1, 0.15) is 5.75 Å². The first-order valence-electron chi connectivity index (χ1n) is 5.77. The fraction of sp³-hybridized carbons (Fsp3) is 0.538. The summed E-state index contributed by atoms with van der Waals surface area (Å²) in [6.07, 6.45) is 1.97. The van der Waals surface area contributed by atoms with E-state index in [-0.39, 0.29) is 12.0 Å².